The minimum absolute atomic E-state index is 0.240. The van der Waals surface area contributed by atoms with Gasteiger partial charge in [-0.2, -0.15) is 23.4 Å². The van der Waals surface area contributed by atoms with E-state index in [4.69, 9.17) is 17.3 Å². The Bertz CT molecular complexity index is 696. The molecule has 2 aromatic rings. The largest absolute Gasteiger partial charge is 0.417 e. The minimum atomic E-state index is -4.49. The van der Waals surface area contributed by atoms with E-state index < -0.39 is 16.8 Å². The first kappa shape index (κ1) is 15.3. The van der Waals surface area contributed by atoms with Crippen LogP contribution in [0.3, 0.4) is 0 Å². The number of anilines is 1. The normalized spacial score (nSPS) is 12.0. The van der Waals surface area contributed by atoms with Crippen molar-refractivity contribution in [1.29, 1.82) is 0 Å². The van der Waals surface area contributed by atoms with Gasteiger partial charge in [0, 0.05) is 5.69 Å². The molecule has 2 aromatic carbocycles. The van der Waals surface area contributed by atoms with Crippen molar-refractivity contribution in [1.82, 2.24) is 0 Å². The Morgan fingerprint density at radius 3 is 2.33 bits per heavy atom. The monoisotopic (exact) mass is 313 g/mol. The van der Waals surface area contributed by atoms with Crippen molar-refractivity contribution < 1.29 is 13.2 Å². The van der Waals surface area contributed by atoms with Crippen molar-refractivity contribution in [3.05, 3.63) is 52.5 Å². The molecule has 0 spiro atoms. The zero-order valence-electron chi connectivity index (χ0n) is 10.9. The van der Waals surface area contributed by atoms with Gasteiger partial charge in [-0.1, -0.05) is 11.6 Å². The molecule has 0 aliphatic rings. The highest BCUT2D eigenvalue weighted by Crippen LogP contribution is 2.36. The molecule has 0 fully saturated rings. The highest BCUT2D eigenvalue weighted by atomic mass is 35.5. The Balaban J connectivity index is 2.28. The van der Waals surface area contributed by atoms with Crippen LogP contribution in [0.25, 0.3) is 0 Å². The molecule has 0 atom stereocenters. The van der Waals surface area contributed by atoms with E-state index in [-0.39, 0.29) is 5.69 Å². The van der Waals surface area contributed by atoms with Gasteiger partial charge in [0.15, 0.2) is 0 Å². The van der Waals surface area contributed by atoms with Crippen LogP contribution in [-0.2, 0) is 6.18 Å². The third kappa shape index (κ3) is 3.72. The SMILES string of the molecule is Cc1cc(N)ccc1N=Nc1ccc(C(F)(F)F)c(Cl)c1. The highest BCUT2D eigenvalue weighted by Gasteiger charge is 2.33. The first-order valence-corrected chi connectivity index (χ1v) is 6.30. The zero-order chi connectivity index (χ0) is 15.6. The summed E-state index contributed by atoms with van der Waals surface area (Å²) in [5.74, 6) is 0. The molecule has 0 bridgehead atoms. The maximum atomic E-state index is 12.6. The Morgan fingerprint density at radius 1 is 1.05 bits per heavy atom. The lowest BCUT2D eigenvalue weighted by Gasteiger charge is -2.08. The molecule has 0 aliphatic carbocycles. The number of nitrogens with two attached hydrogens (primary N) is 1. The van der Waals surface area contributed by atoms with Crippen LogP contribution in [-0.4, -0.2) is 0 Å². The van der Waals surface area contributed by atoms with E-state index in [0.717, 1.165) is 17.7 Å². The number of hydrogen-bond acceptors (Lipinski definition) is 3. The summed E-state index contributed by atoms with van der Waals surface area (Å²) in [7, 11) is 0. The second-order valence-electron chi connectivity index (χ2n) is 4.41. The Morgan fingerprint density at radius 2 is 1.76 bits per heavy atom. The number of hydrogen-bond donors (Lipinski definition) is 1. The van der Waals surface area contributed by atoms with Crippen molar-refractivity contribution in [2.24, 2.45) is 10.2 Å². The van der Waals surface area contributed by atoms with Gasteiger partial charge in [-0.25, -0.2) is 0 Å². The molecule has 0 radical (unpaired) electrons. The van der Waals surface area contributed by atoms with Gasteiger partial charge in [-0.3, -0.25) is 0 Å². The molecule has 2 N–H and O–H groups in total. The molecule has 7 heteroatoms. The standard InChI is InChI=1S/C14H11ClF3N3/c1-8-6-9(19)2-5-13(8)21-20-10-3-4-11(12(15)7-10)14(16,17)18/h2-7H,19H2,1H3. The molecular weight excluding hydrogens is 303 g/mol. The summed E-state index contributed by atoms with van der Waals surface area (Å²) < 4.78 is 37.7. The first-order chi connectivity index (χ1) is 9.77. The van der Waals surface area contributed by atoms with E-state index >= 15 is 0 Å². The summed E-state index contributed by atoms with van der Waals surface area (Å²) >= 11 is 5.61. The summed E-state index contributed by atoms with van der Waals surface area (Å²) in [5.41, 5.74) is 6.96. The summed E-state index contributed by atoms with van der Waals surface area (Å²) in [6.07, 6.45) is -4.49. The molecule has 0 unspecified atom stereocenters. The van der Waals surface area contributed by atoms with Gasteiger partial charge >= 0.3 is 6.18 Å². The first-order valence-electron chi connectivity index (χ1n) is 5.92. The number of azo groups is 1. The van der Waals surface area contributed by atoms with Crippen molar-refractivity contribution in [2.75, 3.05) is 5.73 Å². The van der Waals surface area contributed by atoms with Crippen LogP contribution < -0.4 is 5.73 Å². The van der Waals surface area contributed by atoms with Crippen LogP contribution in [0.4, 0.5) is 30.2 Å². The number of halogens is 4. The molecular formula is C14H11ClF3N3. The smallest absolute Gasteiger partial charge is 0.399 e. The highest BCUT2D eigenvalue weighted by molar-refractivity contribution is 6.31. The summed E-state index contributed by atoms with van der Waals surface area (Å²) in [6, 6.07) is 8.30. The summed E-state index contributed by atoms with van der Waals surface area (Å²) in [6.45, 7) is 1.81. The van der Waals surface area contributed by atoms with E-state index in [1.807, 2.05) is 6.92 Å². The van der Waals surface area contributed by atoms with Crippen LogP contribution in [0.5, 0.6) is 0 Å². The van der Waals surface area contributed by atoms with Gasteiger partial charge in [-0.15, -0.1) is 0 Å². The van der Waals surface area contributed by atoms with Crippen LogP contribution in [0.1, 0.15) is 11.1 Å². The van der Waals surface area contributed by atoms with Gasteiger partial charge in [0.2, 0.25) is 0 Å². The second kappa shape index (κ2) is 5.73. The number of benzene rings is 2. The van der Waals surface area contributed by atoms with Crippen molar-refractivity contribution in [3.8, 4) is 0 Å². The lowest BCUT2D eigenvalue weighted by atomic mass is 10.2. The average Bonchev–Trinajstić information content (AvgIpc) is 2.36. The molecule has 0 saturated heterocycles. The molecule has 0 aromatic heterocycles. The van der Waals surface area contributed by atoms with E-state index in [1.165, 1.54) is 6.07 Å². The fourth-order valence-corrected chi connectivity index (χ4v) is 1.98. The van der Waals surface area contributed by atoms with E-state index in [1.54, 1.807) is 18.2 Å². The van der Waals surface area contributed by atoms with Gasteiger partial charge < -0.3 is 5.73 Å². The molecule has 3 nitrogen and oxygen atoms in total. The number of rotatable bonds is 2. The van der Waals surface area contributed by atoms with Gasteiger partial charge in [0.25, 0.3) is 0 Å². The molecule has 110 valence electrons. The Labute approximate surface area is 124 Å². The fraction of sp³-hybridized carbons (Fsp3) is 0.143. The Hall–Kier alpha value is -2.08. The molecule has 2 rings (SSSR count). The van der Waals surface area contributed by atoms with E-state index in [9.17, 15) is 13.2 Å². The number of nitrogens with zero attached hydrogens (tertiary/aromatic N) is 2. The maximum Gasteiger partial charge on any atom is 0.417 e. The quantitative estimate of drug-likeness (QED) is 0.564. The third-order valence-corrected chi connectivity index (χ3v) is 3.06. The van der Waals surface area contributed by atoms with Crippen molar-refractivity contribution in [2.45, 2.75) is 13.1 Å². The summed E-state index contributed by atoms with van der Waals surface area (Å²) in [4.78, 5) is 0. The lowest BCUT2D eigenvalue weighted by Crippen LogP contribution is -2.05. The zero-order valence-corrected chi connectivity index (χ0v) is 11.7. The van der Waals surface area contributed by atoms with Crippen molar-refractivity contribution >= 4 is 28.7 Å². The van der Waals surface area contributed by atoms with E-state index in [0.29, 0.717) is 11.4 Å². The van der Waals surface area contributed by atoms with Crippen LogP contribution in [0.15, 0.2) is 46.6 Å². The third-order valence-electron chi connectivity index (χ3n) is 2.75. The van der Waals surface area contributed by atoms with Crippen molar-refractivity contribution in [3.63, 3.8) is 0 Å². The predicted octanol–water partition coefficient (Wildman–Crippen LogP) is 5.66. The predicted molar refractivity (Wildman–Crippen MR) is 76.2 cm³/mol. The van der Waals surface area contributed by atoms with Gasteiger partial charge in [-0.05, 0) is 48.9 Å². The fourth-order valence-electron chi connectivity index (χ4n) is 1.70. The Kier molecular flexibility index (Phi) is 4.18. The molecule has 0 heterocycles. The average molecular weight is 314 g/mol. The number of aryl methyl sites for hydroxylation is 1. The van der Waals surface area contributed by atoms with Crippen LogP contribution in [0.2, 0.25) is 5.02 Å². The molecule has 0 aliphatic heterocycles. The van der Waals surface area contributed by atoms with E-state index in [2.05, 4.69) is 10.2 Å². The van der Waals surface area contributed by atoms with Gasteiger partial charge in [0.1, 0.15) is 0 Å². The van der Waals surface area contributed by atoms with Gasteiger partial charge in [0.05, 0.1) is 22.0 Å². The minimum Gasteiger partial charge on any atom is -0.399 e. The molecule has 0 amide bonds. The molecule has 0 saturated carbocycles. The second-order valence-corrected chi connectivity index (χ2v) is 4.82. The molecule has 21 heavy (non-hydrogen) atoms. The topological polar surface area (TPSA) is 50.7 Å². The number of alkyl halides is 3. The number of nitrogen functional groups attached to an aromatic ring is 1. The maximum absolute atomic E-state index is 12.6. The van der Waals surface area contributed by atoms with Crippen LogP contribution in [0, 0.1) is 6.92 Å². The summed E-state index contributed by atoms with van der Waals surface area (Å²) in [5, 5.41) is 7.45. The van der Waals surface area contributed by atoms with Crippen LogP contribution >= 0.6 is 11.6 Å². The lowest BCUT2D eigenvalue weighted by molar-refractivity contribution is -0.137.